The van der Waals surface area contributed by atoms with Crippen molar-refractivity contribution in [2.45, 2.75) is 25.8 Å². The van der Waals surface area contributed by atoms with Crippen molar-refractivity contribution in [3.05, 3.63) is 30.1 Å². The Bertz CT molecular complexity index is 796. The Morgan fingerprint density at radius 1 is 1.32 bits per heavy atom. The summed E-state index contributed by atoms with van der Waals surface area (Å²) in [4.78, 5) is 26.5. The third kappa shape index (κ3) is 4.00. The van der Waals surface area contributed by atoms with Crippen LogP contribution in [0.4, 0.5) is 10.1 Å². The van der Waals surface area contributed by atoms with Gasteiger partial charge in [0.15, 0.2) is 9.84 Å². The number of carbonyl (C=O) groups excluding carboxylic acids is 2. The predicted molar refractivity (Wildman–Crippen MR) is 91.1 cm³/mol. The maximum Gasteiger partial charge on any atom is 0.228 e. The van der Waals surface area contributed by atoms with Crippen LogP contribution in [0.1, 0.15) is 19.8 Å². The molecule has 2 amide bonds. The average Bonchev–Trinajstić information content (AvgIpc) is 3.26. The number of hydrogen-bond donors (Lipinski definition) is 1. The molecule has 0 bridgehead atoms. The molecule has 3 rings (SSSR count). The van der Waals surface area contributed by atoms with Crippen LogP contribution in [-0.4, -0.2) is 49.2 Å². The first kappa shape index (κ1) is 17.8. The molecular weight excluding hydrogens is 347 g/mol. The van der Waals surface area contributed by atoms with E-state index in [9.17, 15) is 22.4 Å². The van der Waals surface area contributed by atoms with Crippen LogP contribution >= 0.6 is 0 Å². The fourth-order valence-corrected chi connectivity index (χ4v) is 5.12. The topological polar surface area (TPSA) is 83.6 Å². The number of halogens is 1. The van der Waals surface area contributed by atoms with Crippen LogP contribution in [0.15, 0.2) is 24.3 Å². The minimum Gasteiger partial charge on any atom is -0.339 e. The molecular formula is C17H21FN2O4S. The lowest BCUT2D eigenvalue weighted by Gasteiger charge is -2.27. The molecule has 1 aliphatic heterocycles. The first-order valence-electron chi connectivity index (χ1n) is 8.38. The second kappa shape index (κ2) is 6.74. The molecule has 25 heavy (non-hydrogen) atoms. The maximum atomic E-state index is 13.2. The lowest BCUT2D eigenvalue weighted by atomic mass is 10.2. The minimum absolute atomic E-state index is 0.000540. The summed E-state index contributed by atoms with van der Waals surface area (Å²) in [7, 11) is -3.07. The summed E-state index contributed by atoms with van der Waals surface area (Å²) in [6.07, 6.45) is 0.894. The van der Waals surface area contributed by atoms with Gasteiger partial charge in [-0.3, -0.25) is 9.59 Å². The van der Waals surface area contributed by atoms with Gasteiger partial charge in [0.1, 0.15) is 5.82 Å². The zero-order valence-electron chi connectivity index (χ0n) is 13.9. The normalized spacial score (nSPS) is 26.9. The summed E-state index contributed by atoms with van der Waals surface area (Å²) in [5.74, 6) is -1.67. The van der Waals surface area contributed by atoms with Crippen molar-refractivity contribution in [1.82, 2.24) is 4.90 Å². The monoisotopic (exact) mass is 368 g/mol. The summed E-state index contributed by atoms with van der Waals surface area (Å²) in [5, 5.41) is 2.62. The van der Waals surface area contributed by atoms with Gasteiger partial charge in [0.25, 0.3) is 0 Å². The minimum atomic E-state index is -3.07. The Kier molecular flexibility index (Phi) is 4.81. The molecule has 3 unspecified atom stereocenters. The zero-order valence-corrected chi connectivity index (χ0v) is 14.8. The predicted octanol–water partition coefficient (Wildman–Crippen LogP) is 1.44. The fourth-order valence-electron chi connectivity index (χ4n) is 3.39. The molecule has 8 heteroatoms. The highest BCUT2D eigenvalue weighted by molar-refractivity contribution is 7.91. The van der Waals surface area contributed by atoms with Crippen LogP contribution in [0.3, 0.4) is 0 Å². The maximum absolute atomic E-state index is 13.2. The summed E-state index contributed by atoms with van der Waals surface area (Å²) < 4.78 is 36.4. The number of anilines is 1. The highest BCUT2D eigenvalue weighted by Gasteiger charge is 2.50. The standard InChI is InChI=1S/C17H21FN2O4S/c1-2-20(13-6-7-25(23,24)10-13)17(22)15-9-14(15)16(21)19-12-5-3-4-11(18)8-12/h3-5,8,13-15H,2,6-7,9-10H2,1H3,(H,19,21). The highest BCUT2D eigenvalue weighted by Crippen LogP contribution is 2.41. The van der Waals surface area contributed by atoms with Crippen LogP contribution < -0.4 is 5.32 Å². The van der Waals surface area contributed by atoms with E-state index in [4.69, 9.17) is 0 Å². The van der Waals surface area contributed by atoms with Crippen molar-refractivity contribution in [2.24, 2.45) is 11.8 Å². The van der Waals surface area contributed by atoms with Gasteiger partial charge in [0.2, 0.25) is 11.8 Å². The number of hydrogen-bond acceptors (Lipinski definition) is 4. The Morgan fingerprint density at radius 3 is 2.68 bits per heavy atom. The largest absolute Gasteiger partial charge is 0.339 e. The number of benzene rings is 1. The van der Waals surface area contributed by atoms with Gasteiger partial charge in [-0.05, 0) is 38.0 Å². The number of amides is 2. The van der Waals surface area contributed by atoms with Crippen molar-refractivity contribution >= 4 is 27.3 Å². The second-order valence-corrected chi connectivity index (χ2v) is 8.86. The Hall–Kier alpha value is -1.96. The van der Waals surface area contributed by atoms with E-state index < -0.39 is 27.5 Å². The van der Waals surface area contributed by atoms with Gasteiger partial charge in [0.05, 0.1) is 23.3 Å². The molecule has 0 radical (unpaired) electrons. The average molecular weight is 368 g/mol. The highest BCUT2D eigenvalue weighted by atomic mass is 32.2. The van der Waals surface area contributed by atoms with Crippen LogP contribution in [0.2, 0.25) is 0 Å². The number of nitrogens with one attached hydrogen (secondary N) is 1. The van der Waals surface area contributed by atoms with Gasteiger partial charge >= 0.3 is 0 Å². The van der Waals surface area contributed by atoms with E-state index in [0.29, 0.717) is 25.1 Å². The van der Waals surface area contributed by atoms with E-state index in [0.717, 1.165) is 0 Å². The quantitative estimate of drug-likeness (QED) is 0.852. The van der Waals surface area contributed by atoms with E-state index in [1.807, 2.05) is 6.92 Å². The van der Waals surface area contributed by atoms with Gasteiger partial charge < -0.3 is 10.2 Å². The molecule has 1 heterocycles. The van der Waals surface area contributed by atoms with E-state index in [-0.39, 0.29) is 29.4 Å². The molecule has 2 fully saturated rings. The summed E-state index contributed by atoms with van der Waals surface area (Å²) >= 11 is 0. The Balaban J connectivity index is 1.60. The molecule has 136 valence electrons. The summed E-state index contributed by atoms with van der Waals surface area (Å²) in [6.45, 7) is 2.24. The molecule has 1 N–H and O–H groups in total. The van der Waals surface area contributed by atoms with Crippen LogP contribution in [-0.2, 0) is 19.4 Å². The molecule has 6 nitrogen and oxygen atoms in total. The molecule has 3 atom stereocenters. The van der Waals surface area contributed by atoms with E-state index >= 15 is 0 Å². The molecule has 1 saturated carbocycles. The lowest BCUT2D eigenvalue weighted by Crippen LogP contribution is -2.42. The second-order valence-electron chi connectivity index (χ2n) is 6.63. The smallest absolute Gasteiger partial charge is 0.228 e. The zero-order chi connectivity index (χ0) is 18.2. The molecule has 1 aromatic carbocycles. The molecule has 2 aliphatic rings. The van der Waals surface area contributed by atoms with Crippen molar-refractivity contribution in [2.75, 3.05) is 23.4 Å². The molecule has 1 aliphatic carbocycles. The van der Waals surface area contributed by atoms with Crippen molar-refractivity contribution in [1.29, 1.82) is 0 Å². The third-order valence-electron chi connectivity index (χ3n) is 4.81. The summed E-state index contributed by atoms with van der Waals surface area (Å²) in [6, 6.07) is 5.30. The molecule has 0 aromatic heterocycles. The van der Waals surface area contributed by atoms with E-state index in [2.05, 4.69) is 5.32 Å². The fraction of sp³-hybridized carbons (Fsp3) is 0.529. The number of nitrogens with zero attached hydrogens (tertiary/aromatic N) is 1. The van der Waals surface area contributed by atoms with Gasteiger partial charge in [0, 0.05) is 18.3 Å². The van der Waals surface area contributed by atoms with Crippen LogP contribution in [0, 0.1) is 17.7 Å². The van der Waals surface area contributed by atoms with Crippen molar-refractivity contribution < 1.29 is 22.4 Å². The molecule has 0 spiro atoms. The van der Waals surface area contributed by atoms with E-state index in [1.165, 1.54) is 18.2 Å². The van der Waals surface area contributed by atoms with Gasteiger partial charge in [-0.15, -0.1) is 0 Å². The molecule has 1 aromatic rings. The van der Waals surface area contributed by atoms with Crippen LogP contribution in [0.25, 0.3) is 0 Å². The Morgan fingerprint density at radius 2 is 2.08 bits per heavy atom. The SMILES string of the molecule is CCN(C(=O)C1CC1C(=O)Nc1cccc(F)c1)C1CCS(=O)(=O)C1. The van der Waals surface area contributed by atoms with Gasteiger partial charge in [-0.25, -0.2) is 12.8 Å². The van der Waals surface area contributed by atoms with E-state index in [1.54, 1.807) is 11.0 Å². The molecule has 1 saturated heterocycles. The van der Waals surface area contributed by atoms with Crippen molar-refractivity contribution in [3.63, 3.8) is 0 Å². The number of carbonyl (C=O) groups is 2. The first-order chi connectivity index (χ1) is 11.8. The summed E-state index contributed by atoms with van der Waals surface area (Å²) in [5.41, 5.74) is 0.359. The van der Waals surface area contributed by atoms with Gasteiger partial charge in [-0.2, -0.15) is 0 Å². The number of sulfone groups is 1. The first-order valence-corrected chi connectivity index (χ1v) is 10.2. The lowest BCUT2D eigenvalue weighted by molar-refractivity contribution is -0.135. The number of rotatable bonds is 5. The van der Waals surface area contributed by atoms with Crippen molar-refractivity contribution in [3.8, 4) is 0 Å². The van der Waals surface area contributed by atoms with Gasteiger partial charge in [-0.1, -0.05) is 6.07 Å². The Labute approximate surface area is 146 Å². The van der Waals surface area contributed by atoms with Crippen LogP contribution in [0.5, 0.6) is 0 Å². The third-order valence-corrected chi connectivity index (χ3v) is 6.56.